The van der Waals surface area contributed by atoms with Crippen LogP contribution >= 0.6 is 0 Å². The molecule has 4 nitrogen and oxygen atoms in total. The second-order valence-corrected chi connectivity index (χ2v) is 3.58. The van der Waals surface area contributed by atoms with Gasteiger partial charge in [0, 0.05) is 25.4 Å². The zero-order valence-corrected chi connectivity index (χ0v) is 7.95. The van der Waals surface area contributed by atoms with Crippen LogP contribution in [0.25, 0.3) is 0 Å². The van der Waals surface area contributed by atoms with E-state index in [4.69, 9.17) is 5.73 Å². The van der Waals surface area contributed by atoms with Gasteiger partial charge in [-0.2, -0.15) is 0 Å². The predicted molar refractivity (Wildman–Crippen MR) is 48.8 cm³/mol. The summed E-state index contributed by atoms with van der Waals surface area (Å²) in [6.07, 6.45) is 2.27. The highest BCUT2D eigenvalue weighted by atomic mass is 16.2. The fourth-order valence-electron chi connectivity index (χ4n) is 1.60. The number of carbonyl (C=O) groups excluding carboxylic acids is 2. The molecule has 2 amide bonds. The summed E-state index contributed by atoms with van der Waals surface area (Å²) in [6.45, 7) is 3.19. The molecular weight excluding hydrogens is 168 g/mol. The molecule has 0 radical (unpaired) electrons. The summed E-state index contributed by atoms with van der Waals surface area (Å²) in [5.74, 6) is -0.0693. The molecule has 0 saturated carbocycles. The number of hydrogen-bond donors (Lipinski definition) is 1. The Balaban J connectivity index is 2.40. The van der Waals surface area contributed by atoms with E-state index >= 15 is 0 Å². The van der Waals surface area contributed by atoms with Crippen LogP contribution in [0.5, 0.6) is 0 Å². The Morgan fingerprint density at radius 2 is 2.38 bits per heavy atom. The molecule has 0 bridgehead atoms. The standard InChI is InChI=1S/C9H16N2O2/c1-7-3-2-5-11(9(7)13)6-4-8(10)12/h7H,2-6H2,1H3,(H2,10,12). The minimum absolute atomic E-state index is 0.113. The number of rotatable bonds is 3. The third kappa shape index (κ3) is 2.72. The van der Waals surface area contributed by atoms with Gasteiger partial charge in [-0.1, -0.05) is 6.92 Å². The molecule has 0 aromatic heterocycles. The van der Waals surface area contributed by atoms with E-state index in [0.717, 1.165) is 19.4 Å². The summed E-state index contributed by atoms with van der Waals surface area (Å²) in [5.41, 5.74) is 5.01. The normalized spacial score (nSPS) is 23.3. The molecule has 74 valence electrons. The third-order valence-corrected chi connectivity index (χ3v) is 2.43. The van der Waals surface area contributed by atoms with Crippen LogP contribution in [-0.2, 0) is 9.59 Å². The van der Waals surface area contributed by atoms with Gasteiger partial charge in [0.05, 0.1) is 0 Å². The van der Waals surface area contributed by atoms with Crippen molar-refractivity contribution < 1.29 is 9.59 Å². The van der Waals surface area contributed by atoms with Crippen LogP contribution in [0.1, 0.15) is 26.2 Å². The van der Waals surface area contributed by atoms with Crippen LogP contribution in [0.2, 0.25) is 0 Å². The molecule has 0 aliphatic carbocycles. The molecule has 2 N–H and O–H groups in total. The molecule has 1 heterocycles. The first-order valence-electron chi connectivity index (χ1n) is 4.68. The molecule has 1 rings (SSSR count). The number of nitrogens with two attached hydrogens (primary N) is 1. The number of amides is 2. The second-order valence-electron chi connectivity index (χ2n) is 3.58. The highest BCUT2D eigenvalue weighted by Gasteiger charge is 2.24. The van der Waals surface area contributed by atoms with Gasteiger partial charge in [-0.25, -0.2) is 0 Å². The maximum Gasteiger partial charge on any atom is 0.225 e. The number of hydrogen-bond acceptors (Lipinski definition) is 2. The first-order valence-corrected chi connectivity index (χ1v) is 4.68. The van der Waals surface area contributed by atoms with Crippen LogP contribution in [-0.4, -0.2) is 29.8 Å². The van der Waals surface area contributed by atoms with Crippen molar-refractivity contribution in [1.82, 2.24) is 4.90 Å². The molecule has 1 saturated heterocycles. The van der Waals surface area contributed by atoms with Crippen molar-refractivity contribution in [2.75, 3.05) is 13.1 Å². The monoisotopic (exact) mass is 184 g/mol. The summed E-state index contributed by atoms with van der Waals surface area (Å²) < 4.78 is 0. The summed E-state index contributed by atoms with van der Waals surface area (Å²) in [4.78, 5) is 23.8. The van der Waals surface area contributed by atoms with Gasteiger partial charge in [-0.05, 0) is 12.8 Å². The molecule has 0 aromatic carbocycles. The molecule has 0 aromatic rings. The van der Waals surface area contributed by atoms with Gasteiger partial charge in [0.2, 0.25) is 11.8 Å². The molecule has 1 aliphatic heterocycles. The molecular formula is C9H16N2O2. The number of nitrogens with zero attached hydrogens (tertiary/aromatic N) is 1. The van der Waals surface area contributed by atoms with Gasteiger partial charge in [-0.15, -0.1) is 0 Å². The Morgan fingerprint density at radius 1 is 1.69 bits per heavy atom. The molecule has 1 aliphatic rings. The van der Waals surface area contributed by atoms with Crippen LogP contribution in [0.4, 0.5) is 0 Å². The lowest BCUT2D eigenvalue weighted by Gasteiger charge is -2.30. The smallest absolute Gasteiger partial charge is 0.225 e. The number of primary amides is 1. The minimum atomic E-state index is -0.342. The lowest BCUT2D eigenvalue weighted by Crippen LogP contribution is -2.41. The lowest BCUT2D eigenvalue weighted by molar-refractivity contribution is -0.138. The Morgan fingerprint density at radius 3 is 3.00 bits per heavy atom. The Kier molecular flexibility index (Phi) is 3.28. The minimum Gasteiger partial charge on any atom is -0.370 e. The fourth-order valence-corrected chi connectivity index (χ4v) is 1.60. The molecule has 4 heteroatoms. The van der Waals surface area contributed by atoms with Crippen molar-refractivity contribution in [2.24, 2.45) is 11.7 Å². The molecule has 0 spiro atoms. The van der Waals surface area contributed by atoms with Crippen molar-refractivity contribution in [3.8, 4) is 0 Å². The van der Waals surface area contributed by atoms with Gasteiger partial charge in [0.15, 0.2) is 0 Å². The van der Waals surface area contributed by atoms with E-state index in [-0.39, 0.29) is 24.2 Å². The number of carbonyl (C=O) groups is 2. The van der Waals surface area contributed by atoms with E-state index in [9.17, 15) is 9.59 Å². The van der Waals surface area contributed by atoms with Gasteiger partial charge < -0.3 is 10.6 Å². The second kappa shape index (κ2) is 4.25. The third-order valence-electron chi connectivity index (χ3n) is 2.43. The molecule has 1 unspecified atom stereocenters. The van der Waals surface area contributed by atoms with E-state index in [0.29, 0.717) is 6.54 Å². The topological polar surface area (TPSA) is 63.4 Å². The largest absolute Gasteiger partial charge is 0.370 e. The fraction of sp³-hybridized carbons (Fsp3) is 0.778. The quantitative estimate of drug-likeness (QED) is 0.677. The average Bonchev–Trinajstić information content (AvgIpc) is 2.07. The summed E-state index contributed by atoms with van der Waals surface area (Å²) in [7, 11) is 0. The first kappa shape index (κ1) is 10.0. The highest BCUT2D eigenvalue weighted by Crippen LogP contribution is 2.16. The maximum absolute atomic E-state index is 11.5. The van der Waals surface area contributed by atoms with Gasteiger partial charge in [0.1, 0.15) is 0 Å². The average molecular weight is 184 g/mol. The first-order chi connectivity index (χ1) is 6.11. The van der Waals surface area contributed by atoms with Crippen LogP contribution in [0.15, 0.2) is 0 Å². The zero-order chi connectivity index (χ0) is 9.84. The number of piperidine rings is 1. The van der Waals surface area contributed by atoms with Crippen LogP contribution in [0.3, 0.4) is 0 Å². The SMILES string of the molecule is CC1CCCN(CCC(N)=O)C1=O. The van der Waals surface area contributed by atoms with Crippen molar-refractivity contribution in [1.29, 1.82) is 0 Å². The van der Waals surface area contributed by atoms with Crippen molar-refractivity contribution in [2.45, 2.75) is 26.2 Å². The van der Waals surface area contributed by atoms with Gasteiger partial charge in [-0.3, -0.25) is 9.59 Å². The van der Waals surface area contributed by atoms with E-state index in [1.54, 1.807) is 4.90 Å². The summed E-state index contributed by atoms with van der Waals surface area (Å²) in [5, 5.41) is 0. The van der Waals surface area contributed by atoms with E-state index < -0.39 is 0 Å². The van der Waals surface area contributed by atoms with Crippen molar-refractivity contribution in [3.63, 3.8) is 0 Å². The Hall–Kier alpha value is -1.06. The maximum atomic E-state index is 11.5. The predicted octanol–water partition coefficient (Wildman–Crippen LogP) is 0.120. The van der Waals surface area contributed by atoms with Crippen LogP contribution < -0.4 is 5.73 Å². The van der Waals surface area contributed by atoms with Crippen LogP contribution in [0, 0.1) is 5.92 Å². The molecule has 1 atom stereocenters. The molecule has 13 heavy (non-hydrogen) atoms. The van der Waals surface area contributed by atoms with Gasteiger partial charge >= 0.3 is 0 Å². The van der Waals surface area contributed by atoms with Crippen molar-refractivity contribution in [3.05, 3.63) is 0 Å². The number of likely N-dealkylation sites (tertiary alicyclic amines) is 1. The zero-order valence-electron chi connectivity index (χ0n) is 7.95. The Labute approximate surface area is 78.1 Å². The van der Waals surface area contributed by atoms with Crippen molar-refractivity contribution >= 4 is 11.8 Å². The van der Waals surface area contributed by atoms with E-state index in [1.165, 1.54) is 0 Å². The Bertz CT molecular complexity index is 216. The highest BCUT2D eigenvalue weighted by molar-refractivity contribution is 5.80. The van der Waals surface area contributed by atoms with E-state index in [2.05, 4.69) is 0 Å². The summed E-state index contributed by atoms with van der Waals surface area (Å²) in [6, 6.07) is 0. The summed E-state index contributed by atoms with van der Waals surface area (Å²) >= 11 is 0. The van der Waals surface area contributed by atoms with E-state index in [1.807, 2.05) is 6.92 Å². The van der Waals surface area contributed by atoms with Gasteiger partial charge in [0.25, 0.3) is 0 Å². The molecule has 1 fully saturated rings. The lowest BCUT2D eigenvalue weighted by atomic mass is 9.99.